The first-order chi connectivity index (χ1) is 31.1. The number of hydrogen-bond donors (Lipinski definition) is 2. The summed E-state index contributed by atoms with van der Waals surface area (Å²) in [6, 6.07) is 29.8. The van der Waals surface area contributed by atoms with Gasteiger partial charge in [-0.2, -0.15) is 13.2 Å². The third-order valence-electron chi connectivity index (χ3n) is 11.9. The number of nitrogens with two attached hydrogens (primary N) is 1. The van der Waals surface area contributed by atoms with Crippen molar-refractivity contribution < 1.29 is 37.1 Å². The Kier molecular flexibility index (Phi) is 17.3. The minimum absolute atomic E-state index is 0.000949. The smallest absolute Gasteiger partial charge is 0.341 e. The molecule has 0 spiro atoms. The zero-order valence-electron chi connectivity index (χ0n) is 39.2. The zero-order chi connectivity index (χ0) is 48.2. The van der Waals surface area contributed by atoms with E-state index in [9.17, 15) is 37.1 Å². The normalized spacial score (nSPS) is 14.4. The van der Waals surface area contributed by atoms with E-state index in [1.54, 1.807) is 34.5 Å². The van der Waals surface area contributed by atoms with Gasteiger partial charge in [0.25, 0.3) is 0 Å². The number of rotatable bonds is 11. The average molecular weight is 911 g/mol. The van der Waals surface area contributed by atoms with Crippen molar-refractivity contribution in [3.63, 3.8) is 0 Å². The second-order valence-corrected chi connectivity index (χ2v) is 19.1. The van der Waals surface area contributed by atoms with Crippen molar-refractivity contribution in [1.29, 1.82) is 0 Å². The molecule has 0 saturated carbocycles. The third-order valence-corrected chi connectivity index (χ3v) is 11.9. The van der Waals surface area contributed by atoms with Crippen LogP contribution in [0.4, 0.5) is 34.1 Å². The number of alkyl halides is 3. The molecule has 0 aromatic heterocycles. The summed E-state index contributed by atoms with van der Waals surface area (Å²) in [6.07, 6.45) is 1.27. The van der Waals surface area contributed by atoms with E-state index in [4.69, 9.17) is 5.73 Å². The lowest BCUT2D eigenvalue weighted by molar-refractivity contribution is -0.173. The molecule has 66 heavy (non-hydrogen) atoms. The molecule has 2 fully saturated rings. The standard InChI is InChI=1S/C27H32F3N3O3.C25H33N3O2/c1-26(2,3)21-11-13-22(14-12-21)33(25(36)32-15-5-4-6-16-32)18-19-7-9-20(10-8-19)23(34)17-31-24(35)27(28,29)30;1-25(2,3)21-11-13-22(14-12-21)28(24(30)27-15-5-4-6-16-27)18-19-7-9-20(10-8-19)23(29)17-26/h7-14H,4-6,15-18H2,1-3H3,(H,31,35);7-14H,4-6,15-18,26H2,1-3H3. The molecule has 3 N–H and O–H groups in total. The van der Waals surface area contributed by atoms with Gasteiger partial charge in [0.05, 0.1) is 26.2 Å². The number of carbonyl (C=O) groups is 5. The Labute approximate surface area is 387 Å². The van der Waals surface area contributed by atoms with Crippen molar-refractivity contribution in [3.8, 4) is 0 Å². The molecule has 0 atom stereocenters. The lowest BCUT2D eigenvalue weighted by Crippen LogP contribution is -2.45. The predicted octanol–water partition coefficient (Wildman–Crippen LogP) is 10.2. The van der Waals surface area contributed by atoms with Gasteiger partial charge in [-0.05, 0) is 95.9 Å². The molecule has 354 valence electrons. The van der Waals surface area contributed by atoms with Crippen LogP contribution in [-0.4, -0.2) is 84.8 Å². The number of ketones is 2. The van der Waals surface area contributed by atoms with Gasteiger partial charge in [0.1, 0.15) is 0 Å². The molecule has 0 radical (unpaired) electrons. The van der Waals surface area contributed by atoms with E-state index < -0.39 is 24.4 Å². The number of urea groups is 2. The summed E-state index contributed by atoms with van der Waals surface area (Å²) in [7, 11) is 0. The van der Waals surface area contributed by atoms with Crippen molar-refractivity contribution in [2.45, 2.75) is 110 Å². The monoisotopic (exact) mass is 910 g/mol. The number of benzene rings is 4. The molecular formula is C52H65F3N6O5. The quantitative estimate of drug-likeness (QED) is 0.144. The number of nitrogens with one attached hydrogen (secondary N) is 1. The van der Waals surface area contributed by atoms with E-state index in [-0.39, 0.29) is 47.3 Å². The Hall–Kier alpha value is -6.02. The molecule has 2 aliphatic rings. The van der Waals surface area contributed by atoms with E-state index in [2.05, 4.69) is 53.7 Å². The fourth-order valence-electron chi connectivity index (χ4n) is 7.77. The van der Waals surface area contributed by atoms with Gasteiger partial charge in [-0.3, -0.25) is 24.2 Å². The van der Waals surface area contributed by atoms with Crippen LogP contribution in [0.5, 0.6) is 0 Å². The molecule has 0 bridgehead atoms. The molecule has 5 amide bonds. The van der Waals surface area contributed by atoms with Crippen LogP contribution in [0.3, 0.4) is 0 Å². The van der Waals surface area contributed by atoms with Crippen molar-refractivity contribution in [3.05, 3.63) is 130 Å². The SMILES string of the molecule is CC(C)(C)c1ccc(N(Cc2ccc(C(=O)CN)cc2)C(=O)N2CCCCC2)cc1.CC(C)(C)c1ccc(N(Cc2ccc(C(=O)CNC(=O)C(F)(F)F)cc2)C(=O)N2CCCCC2)cc1. The Morgan fingerprint density at radius 3 is 1.20 bits per heavy atom. The summed E-state index contributed by atoms with van der Waals surface area (Å²) in [6.45, 7) is 15.9. The summed E-state index contributed by atoms with van der Waals surface area (Å²) in [5.41, 5.74) is 12.0. The molecule has 0 aliphatic carbocycles. The number of hydrogen-bond acceptors (Lipinski definition) is 6. The maximum Gasteiger partial charge on any atom is 0.471 e. The maximum absolute atomic E-state index is 13.5. The van der Waals surface area contributed by atoms with Gasteiger partial charge in [0.15, 0.2) is 11.6 Å². The summed E-state index contributed by atoms with van der Waals surface area (Å²) >= 11 is 0. The van der Waals surface area contributed by atoms with Crippen LogP contribution in [-0.2, 0) is 28.7 Å². The van der Waals surface area contributed by atoms with Gasteiger partial charge in [0.2, 0.25) is 0 Å². The van der Waals surface area contributed by atoms with Crippen LogP contribution >= 0.6 is 0 Å². The molecule has 4 aromatic rings. The summed E-state index contributed by atoms with van der Waals surface area (Å²) < 4.78 is 37.0. The number of carbonyl (C=O) groups excluding carboxylic acids is 5. The van der Waals surface area contributed by atoms with Gasteiger partial charge in [-0.15, -0.1) is 0 Å². The fourth-order valence-corrected chi connectivity index (χ4v) is 7.77. The fraction of sp³-hybridized carbons (Fsp3) is 0.442. The predicted molar refractivity (Wildman–Crippen MR) is 254 cm³/mol. The lowest BCUT2D eigenvalue weighted by atomic mass is 9.87. The van der Waals surface area contributed by atoms with Gasteiger partial charge in [-0.1, -0.05) is 114 Å². The van der Waals surface area contributed by atoms with E-state index in [0.29, 0.717) is 25.2 Å². The maximum atomic E-state index is 13.5. The lowest BCUT2D eigenvalue weighted by Gasteiger charge is -2.33. The molecule has 2 saturated heterocycles. The summed E-state index contributed by atoms with van der Waals surface area (Å²) in [4.78, 5) is 69.2. The van der Waals surface area contributed by atoms with Crippen molar-refractivity contribution in [2.24, 2.45) is 5.73 Å². The number of anilines is 2. The Balaban J connectivity index is 0.000000251. The van der Waals surface area contributed by atoms with Crippen LogP contribution in [0, 0.1) is 0 Å². The highest BCUT2D eigenvalue weighted by Crippen LogP contribution is 2.29. The number of Topliss-reactive ketones (excluding diaryl/α,β-unsaturated/α-hetero) is 2. The van der Waals surface area contributed by atoms with Crippen molar-refractivity contribution >= 4 is 40.9 Å². The second-order valence-electron chi connectivity index (χ2n) is 19.1. The Morgan fingerprint density at radius 1 is 0.530 bits per heavy atom. The molecule has 6 rings (SSSR count). The molecule has 2 aliphatic heterocycles. The zero-order valence-corrected chi connectivity index (χ0v) is 39.2. The molecule has 11 nitrogen and oxygen atoms in total. The number of likely N-dealkylation sites (tertiary alicyclic amines) is 2. The van der Waals surface area contributed by atoms with Crippen molar-refractivity contribution in [1.82, 2.24) is 15.1 Å². The van der Waals surface area contributed by atoms with Gasteiger partial charge in [-0.25, -0.2) is 9.59 Å². The van der Waals surface area contributed by atoms with E-state index in [1.165, 1.54) is 24.1 Å². The van der Waals surface area contributed by atoms with Crippen LogP contribution in [0.1, 0.15) is 123 Å². The topological polar surface area (TPSA) is 136 Å². The third kappa shape index (κ3) is 14.2. The van der Waals surface area contributed by atoms with Gasteiger partial charge in [0, 0.05) is 48.7 Å². The highest BCUT2D eigenvalue weighted by Gasteiger charge is 2.38. The molecule has 2 heterocycles. The number of amides is 5. The first-order valence-electron chi connectivity index (χ1n) is 22.8. The van der Waals surface area contributed by atoms with Gasteiger partial charge >= 0.3 is 24.1 Å². The largest absolute Gasteiger partial charge is 0.471 e. The summed E-state index contributed by atoms with van der Waals surface area (Å²) in [5.74, 6) is -2.88. The van der Waals surface area contributed by atoms with Crippen LogP contribution in [0.2, 0.25) is 0 Å². The number of halogens is 3. The first-order valence-corrected chi connectivity index (χ1v) is 22.8. The molecule has 14 heteroatoms. The first kappa shape index (κ1) is 51.0. The number of nitrogens with zero attached hydrogens (tertiary/aromatic N) is 4. The molecule has 0 unspecified atom stereocenters. The minimum Gasteiger partial charge on any atom is -0.341 e. The highest BCUT2D eigenvalue weighted by atomic mass is 19.4. The number of piperidine rings is 2. The summed E-state index contributed by atoms with van der Waals surface area (Å²) in [5, 5.41) is 1.58. The van der Waals surface area contributed by atoms with E-state index >= 15 is 0 Å². The van der Waals surface area contributed by atoms with Crippen molar-refractivity contribution in [2.75, 3.05) is 49.1 Å². The van der Waals surface area contributed by atoms with Crippen LogP contribution in [0.25, 0.3) is 0 Å². The van der Waals surface area contributed by atoms with E-state index in [1.807, 2.05) is 63.2 Å². The minimum atomic E-state index is -5.04. The van der Waals surface area contributed by atoms with Crippen LogP contribution in [0.15, 0.2) is 97.1 Å². The van der Waals surface area contributed by atoms with E-state index in [0.717, 1.165) is 73.3 Å². The Bertz CT molecular complexity index is 2250. The Morgan fingerprint density at radius 2 is 0.879 bits per heavy atom. The van der Waals surface area contributed by atoms with Gasteiger partial charge < -0.3 is 20.9 Å². The highest BCUT2D eigenvalue weighted by molar-refractivity contribution is 6.00. The second kappa shape index (κ2) is 22.4. The van der Waals surface area contributed by atoms with Crippen LogP contribution < -0.4 is 20.9 Å². The molecule has 4 aromatic carbocycles. The average Bonchev–Trinajstić information content (AvgIpc) is 3.31. The molecular weight excluding hydrogens is 846 g/mol.